The predicted octanol–water partition coefficient (Wildman–Crippen LogP) is 1.72. The molecule has 0 saturated heterocycles. The van der Waals surface area contributed by atoms with Gasteiger partial charge in [0.15, 0.2) is 0 Å². The van der Waals surface area contributed by atoms with Gasteiger partial charge >= 0.3 is 0 Å². The fourth-order valence-corrected chi connectivity index (χ4v) is 3.88. The first-order valence-electron chi connectivity index (χ1n) is 7.32. The molecule has 0 fully saturated rings. The zero-order chi connectivity index (χ0) is 15.0. The lowest BCUT2D eigenvalue weighted by Gasteiger charge is -2.09. The Morgan fingerprint density at radius 3 is 3.05 bits per heavy atom. The first kappa shape index (κ1) is 14.3. The van der Waals surface area contributed by atoms with Gasteiger partial charge in [-0.15, -0.1) is 11.3 Å². The molecule has 0 radical (unpaired) electrons. The summed E-state index contributed by atoms with van der Waals surface area (Å²) >= 11 is 1.62. The Kier molecular flexibility index (Phi) is 3.80. The van der Waals surface area contributed by atoms with Gasteiger partial charge in [-0.2, -0.15) is 0 Å². The number of nitrogens with one attached hydrogen (secondary N) is 1. The molecule has 0 aliphatic heterocycles. The Labute approximate surface area is 127 Å². The molecule has 0 saturated carbocycles. The number of hydrogen-bond acceptors (Lipinski definition) is 4. The third-order valence-corrected chi connectivity index (χ3v) is 4.91. The number of aryl methyl sites for hydroxylation is 2. The average molecular weight is 305 g/mol. The van der Waals surface area contributed by atoms with Crippen LogP contribution < -0.4 is 10.9 Å². The normalized spacial score (nSPS) is 13.9. The van der Waals surface area contributed by atoms with Crippen LogP contribution in [0.1, 0.15) is 30.7 Å². The molecule has 21 heavy (non-hydrogen) atoms. The topological polar surface area (TPSA) is 64.0 Å². The van der Waals surface area contributed by atoms with Crippen LogP contribution in [0.25, 0.3) is 10.2 Å². The monoisotopic (exact) mass is 305 g/mol. The van der Waals surface area contributed by atoms with Crippen molar-refractivity contribution in [1.82, 2.24) is 14.9 Å². The number of carbonyl (C=O) groups is 1. The molecule has 1 aliphatic carbocycles. The summed E-state index contributed by atoms with van der Waals surface area (Å²) in [6.07, 6.45) is 4.60. The van der Waals surface area contributed by atoms with Gasteiger partial charge in [-0.3, -0.25) is 14.2 Å². The fraction of sp³-hybridized carbons (Fsp3) is 0.533. The van der Waals surface area contributed by atoms with E-state index >= 15 is 0 Å². The summed E-state index contributed by atoms with van der Waals surface area (Å²) in [6, 6.07) is 0. The van der Waals surface area contributed by atoms with Crippen LogP contribution in [0.15, 0.2) is 11.1 Å². The second-order valence-electron chi connectivity index (χ2n) is 5.91. The first-order chi connectivity index (χ1) is 10.1. The molecule has 2 aromatic rings. The van der Waals surface area contributed by atoms with Crippen molar-refractivity contribution in [1.29, 1.82) is 0 Å². The lowest BCUT2D eigenvalue weighted by molar-refractivity contribution is -0.121. The van der Waals surface area contributed by atoms with Crippen molar-refractivity contribution in [2.24, 2.45) is 5.92 Å². The Hall–Kier alpha value is -1.69. The van der Waals surface area contributed by atoms with Crippen molar-refractivity contribution in [3.8, 4) is 0 Å². The number of rotatable bonds is 4. The van der Waals surface area contributed by atoms with Crippen LogP contribution in [0.4, 0.5) is 0 Å². The van der Waals surface area contributed by atoms with Gasteiger partial charge in [0.25, 0.3) is 5.56 Å². The van der Waals surface area contributed by atoms with Crippen LogP contribution in [0, 0.1) is 5.92 Å². The van der Waals surface area contributed by atoms with Crippen LogP contribution in [0.3, 0.4) is 0 Å². The number of nitrogens with zero attached hydrogens (tertiary/aromatic N) is 2. The van der Waals surface area contributed by atoms with E-state index in [1.165, 1.54) is 15.8 Å². The van der Waals surface area contributed by atoms with E-state index in [1.54, 1.807) is 11.3 Å². The van der Waals surface area contributed by atoms with Crippen LogP contribution in [0.5, 0.6) is 0 Å². The van der Waals surface area contributed by atoms with Gasteiger partial charge in [0.05, 0.1) is 11.7 Å². The number of amides is 1. The maximum Gasteiger partial charge on any atom is 0.262 e. The first-order valence-corrected chi connectivity index (χ1v) is 8.14. The summed E-state index contributed by atoms with van der Waals surface area (Å²) in [5.74, 6) is 0.255. The molecule has 1 amide bonds. The van der Waals surface area contributed by atoms with Crippen molar-refractivity contribution < 1.29 is 4.79 Å². The molecular formula is C15H19N3O2S. The maximum absolute atomic E-state index is 12.6. The van der Waals surface area contributed by atoms with Gasteiger partial charge in [0.2, 0.25) is 5.91 Å². The highest BCUT2D eigenvalue weighted by molar-refractivity contribution is 7.18. The number of hydrogen-bond donors (Lipinski definition) is 1. The van der Waals surface area contributed by atoms with E-state index < -0.39 is 0 Å². The molecule has 112 valence electrons. The number of aromatic nitrogens is 2. The molecule has 2 aromatic heterocycles. The minimum Gasteiger partial charge on any atom is -0.354 e. The van der Waals surface area contributed by atoms with Gasteiger partial charge < -0.3 is 5.32 Å². The summed E-state index contributed by atoms with van der Waals surface area (Å²) < 4.78 is 1.42. The van der Waals surface area contributed by atoms with E-state index in [2.05, 4.69) is 10.3 Å². The van der Waals surface area contributed by atoms with Gasteiger partial charge in [-0.25, -0.2) is 4.98 Å². The quantitative estimate of drug-likeness (QED) is 0.935. The van der Waals surface area contributed by atoms with E-state index in [9.17, 15) is 9.59 Å². The minimum atomic E-state index is -0.140. The van der Waals surface area contributed by atoms with Crippen molar-refractivity contribution in [3.63, 3.8) is 0 Å². The Bertz CT molecular complexity index is 745. The average Bonchev–Trinajstić information content (AvgIpc) is 3.00. The largest absolute Gasteiger partial charge is 0.354 e. The van der Waals surface area contributed by atoms with Crippen LogP contribution in [0.2, 0.25) is 0 Å². The highest BCUT2D eigenvalue weighted by atomic mass is 32.1. The summed E-state index contributed by atoms with van der Waals surface area (Å²) in [5.41, 5.74) is 1.07. The fourth-order valence-electron chi connectivity index (χ4n) is 2.66. The van der Waals surface area contributed by atoms with Crippen LogP contribution in [-0.2, 0) is 24.2 Å². The molecular weight excluding hydrogens is 286 g/mol. The molecule has 0 unspecified atom stereocenters. The van der Waals surface area contributed by atoms with Crippen molar-refractivity contribution in [2.75, 3.05) is 6.54 Å². The zero-order valence-electron chi connectivity index (χ0n) is 12.3. The molecule has 5 nitrogen and oxygen atoms in total. The number of fused-ring (bicyclic) bond motifs is 3. The van der Waals surface area contributed by atoms with Crippen molar-refractivity contribution in [3.05, 3.63) is 27.1 Å². The van der Waals surface area contributed by atoms with Crippen LogP contribution in [-0.4, -0.2) is 22.0 Å². The summed E-state index contributed by atoms with van der Waals surface area (Å²) in [7, 11) is 0. The SMILES string of the molecule is CC(C)CNC(=O)Cn1cnc2sc3c(c2c1=O)CCC3. The van der Waals surface area contributed by atoms with Crippen molar-refractivity contribution in [2.45, 2.75) is 39.7 Å². The minimum absolute atomic E-state index is 0.0408. The summed E-state index contributed by atoms with van der Waals surface area (Å²) in [4.78, 5) is 30.9. The summed E-state index contributed by atoms with van der Waals surface area (Å²) in [5, 5.41) is 3.56. The maximum atomic E-state index is 12.6. The van der Waals surface area contributed by atoms with Gasteiger partial charge in [0, 0.05) is 11.4 Å². The molecule has 1 aliphatic rings. The Morgan fingerprint density at radius 1 is 1.48 bits per heavy atom. The molecule has 0 aromatic carbocycles. The zero-order valence-corrected chi connectivity index (χ0v) is 13.1. The lowest BCUT2D eigenvalue weighted by Crippen LogP contribution is -2.34. The van der Waals surface area contributed by atoms with Crippen molar-refractivity contribution >= 4 is 27.5 Å². The predicted molar refractivity (Wildman–Crippen MR) is 83.8 cm³/mol. The van der Waals surface area contributed by atoms with E-state index in [0.29, 0.717) is 12.5 Å². The molecule has 0 bridgehead atoms. The summed E-state index contributed by atoms with van der Waals surface area (Å²) in [6.45, 7) is 4.74. The molecule has 3 rings (SSSR count). The number of thiophene rings is 1. The second-order valence-corrected chi connectivity index (χ2v) is 7.00. The van der Waals surface area contributed by atoms with Crippen LogP contribution >= 0.6 is 11.3 Å². The van der Waals surface area contributed by atoms with E-state index in [4.69, 9.17) is 0 Å². The van der Waals surface area contributed by atoms with E-state index in [-0.39, 0.29) is 18.0 Å². The number of carbonyl (C=O) groups excluding carboxylic acids is 1. The molecule has 1 N–H and O–H groups in total. The third kappa shape index (κ3) is 2.72. The smallest absolute Gasteiger partial charge is 0.262 e. The Balaban J connectivity index is 1.88. The highest BCUT2D eigenvalue weighted by Crippen LogP contribution is 2.34. The van der Waals surface area contributed by atoms with E-state index in [1.807, 2.05) is 13.8 Å². The molecule has 0 atom stereocenters. The molecule has 2 heterocycles. The van der Waals surface area contributed by atoms with Gasteiger partial charge in [0.1, 0.15) is 11.4 Å². The standard InChI is InChI=1S/C15H19N3O2S/c1-9(2)6-16-12(19)7-18-8-17-14-13(15(18)20)10-4-3-5-11(10)21-14/h8-9H,3-7H2,1-2H3,(H,16,19). The molecule has 6 heteroatoms. The van der Waals surface area contributed by atoms with Gasteiger partial charge in [-0.1, -0.05) is 13.8 Å². The highest BCUT2D eigenvalue weighted by Gasteiger charge is 2.21. The van der Waals surface area contributed by atoms with Gasteiger partial charge in [-0.05, 0) is 30.7 Å². The second kappa shape index (κ2) is 5.60. The Morgan fingerprint density at radius 2 is 2.29 bits per heavy atom. The van der Waals surface area contributed by atoms with E-state index in [0.717, 1.165) is 35.0 Å². The third-order valence-electron chi connectivity index (χ3n) is 3.71. The molecule has 0 spiro atoms. The lowest BCUT2D eigenvalue weighted by atomic mass is 10.2.